The third kappa shape index (κ3) is 6.19. The highest BCUT2D eigenvalue weighted by Gasteiger charge is 2.38. The van der Waals surface area contributed by atoms with Gasteiger partial charge in [-0.2, -0.15) is 12.6 Å². The van der Waals surface area contributed by atoms with Crippen LogP contribution >= 0.6 is 12.6 Å². The number of aliphatic carboxylic acids is 1. The highest BCUT2D eigenvalue weighted by atomic mass is 32.1. The summed E-state index contributed by atoms with van der Waals surface area (Å²) < 4.78 is 0. The van der Waals surface area contributed by atoms with E-state index in [2.05, 4.69) is 28.2 Å². The first-order chi connectivity index (χ1) is 17.2. The molecule has 0 saturated carbocycles. The molecule has 196 valence electrons. The molecule has 0 aliphatic carbocycles. The Balaban J connectivity index is 1.81. The van der Waals surface area contributed by atoms with Crippen molar-refractivity contribution in [2.24, 2.45) is 11.7 Å². The Labute approximate surface area is 215 Å². The highest BCUT2D eigenvalue weighted by molar-refractivity contribution is 7.80. The predicted octanol–water partition coefficient (Wildman–Crippen LogP) is 1.06. The Morgan fingerprint density at radius 2 is 1.89 bits per heavy atom. The monoisotopic (exact) mass is 517 g/mol. The number of para-hydroxylation sites is 1. The number of nitrogens with two attached hydrogens (primary N) is 1. The number of amides is 3. The molecule has 1 aliphatic rings. The number of benzene rings is 1. The van der Waals surface area contributed by atoms with Crippen molar-refractivity contribution < 1.29 is 24.3 Å². The van der Waals surface area contributed by atoms with Gasteiger partial charge in [0.1, 0.15) is 18.1 Å². The van der Waals surface area contributed by atoms with Crippen LogP contribution in [-0.2, 0) is 25.6 Å². The van der Waals surface area contributed by atoms with Crippen molar-refractivity contribution in [3.8, 4) is 0 Å². The zero-order valence-corrected chi connectivity index (χ0v) is 21.5. The van der Waals surface area contributed by atoms with Crippen molar-refractivity contribution in [2.75, 3.05) is 12.3 Å². The summed E-state index contributed by atoms with van der Waals surface area (Å²) in [6.07, 6.45) is 3.59. The van der Waals surface area contributed by atoms with Crippen LogP contribution in [0.25, 0.3) is 10.9 Å². The molecule has 1 fully saturated rings. The van der Waals surface area contributed by atoms with E-state index in [0.717, 1.165) is 16.5 Å². The summed E-state index contributed by atoms with van der Waals surface area (Å²) in [5.74, 6) is -2.71. The Morgan fingerprint density at radius 3 is 2.56 bits per heavy atom. The molecular weight excluding hydrogens is 482 g/mol. The average molecular weight is 518 g/mol. The molecule has 2 aromatic rings. The Morgan fingerprint density at radius 1 is 1.19 bits per heavy atom. The van der Waals surface area contributed by atoms with E-state index in [0.29, 0.717) is 25.8 Å². The summed E-state index contributed by atoms with van der Waals surface area (Å²) in [5.41, 5.74) is 7.82. The van der Waals surface area contributed by atoms with Crippen LogP contribution in [-0.4, -0.2) is 75.1 Å². The van der Waals surface area contributed by atoms with Crippen LogP contribution in [0.4, 0.5) is 0 Å². The van der Waals surface area contributed by atoms with E-state index in [1.54, 1.807) is 6.20 Å². The lowest BCUT2D eigenvalue weighted by Crippen LogP contribution is -2.58. The number of carboxylic acid groups (broad SMARTS) is 1. The van der Waals surface area contributed by atoms with Crippen LogP contribution < -0.4 is 16.4 Å². The SMILES string of the molecule is CCC(C)C(N)C(=O)NC(Cc1c[nH]c2ccccc12)C(=O)NC(CS)C(=O)N1CCCC1C(=O)O. The summed E-state index contributed by atoms with van der Waals surface area (Å²) >= 11 is 4.23. The molecule has 6 N–H and O–H groups in total. The topological polar surface area (TPSA) is 158 Å². The van der Waals surface area contributed by atoms with Crippen molar-refractivity contribution in [1.29, 1.82) is 0 Å². The number of carboxylic acids is 1. The maximum atomic E-state index is 13.4. The fourth-order valence-electron chi connectivity index (χ4n) is 4.46. The lowest BCUT2D eigenvalue weighted by atomic mass is 9.98. The molecule has 1 aromatic heterocycles. The first-order valence-electron chi connectivity index (χ1n) is 12.2. The predicted molar refractivity (Wildman–Crippen MR) is 140 cm³/mol. The maximum Gasteiger partial charge on any atom is 0.326 e. The fourth-order valence-corrected chi connectivity index (χ4v) is 4.70. The van der Waals surface area contributed by atoms with Crippen molar-refractivity contribution >= 4 is 47.2 Å². The zero-order chi connectivity index (χ0) is 26.4. The van der Waals surface area contributed by atoms with Gasteiger partial charge in [0.25, 0.3) is 0 Å². The second-order valence-corrected chi connectivity index (χ2v) is 9.67. The molecule has 36 heavy (non-hydrogen) atoms. The van der Waals surface area contributed by atoms with Gasteiger partial charge in [-0.25, -0.2) is 4.79 Å². The van der Waals surface area contributed by atoms with E-state index in [1.807, 2.05) is 38.1 Å². The zero-order valence-electron chi connectivity index (χ0n) is 20.6. The van der Waals surface area contributed by atoms with Crippen molar-refractivity contribution in [2.45, 2.75) is 63.7 Å². The molecule has 1 aromatic carbocycles. The molecule has 10 nitrogen and oxygen atoms in total. The number of carbonyl (C=O) groups excluding carboxylic acids is 3. The number of likely N-dealkylation sites (tertiary alicyclic amines) is 1. The lowest BCUT2D eigenvalue weighted by molar-refractivity contribution is -0.149. The number of nitrogens with one attached hydrogen (secondary N) is 3. The number of thiol groups is 1. The second-order valence-electron chi connectivity index (χ2n) is 9.31. The molecular formula is C25H35N5O5S. The van der Waals surface area contributed by atoms with E-state index in [-0.39, 0.29) is 18.1 Å². The van der Waals surface area contributed by atoms with Gasteiger partial charge in [0.2, 0.25) is 17.7 Å². The van der Waals surface area contributed by atoms with E-state index in [1.165, 1.54) is 4.90 Å². The minimum Gasteiger partial charge on any atom is -0.480 e. The standard InChI is InChI=1S/C25H35N5O5S/c1-3-14(2)21(26)23(32)28-18(11-15-12-27-17-8-5-4-7-16(15)17)22(31)29-19(13-36)24(33)30-10-6-9-20(30)25(34)35/h4-5,7-8,12,14,18-21,27,36H,3,6,9-11,13,26H2,1-2H3,(H,28,32)(H,29,31)(H,34,35). The van der Waals surface area contributed by atoms with Gasteiger partial charge >= 0.3 is 5.97 Å². The van der Waals surface area contributed by atoms with Crippen LogP contribution in [0.3, 0.4) is 0 Å². The molecule has 0 bridgehead atoms. The number of nitrogens with zero attached hydrogens (tertiary/aromatic N) is 1. The van der Waals surface area contributed by atoms with Gasteiger partial charge in [0, 0.05) is 35.8 Å². The van der Waals surface area contributed by atoms with E-state index in [4.69, 9.17) is 5.73 Å². The molecule has 0 radical (unpaired) electrons. The first-order valence-corrected chi connectivity index (χ1v) is 12.9. The number of carbonyl (C=O) groups is 4. The molecule has 11 heteroatoms. The number of aromatic nitrogens is 1. The molecule has 1 saturated heterocycles. The van der Waals surface area contributed by atoms with Gasteiger partial charge in [-0.3, -0.25) is 14.4 Å². The van der Waals surface area contributed by atoms with Crippen LogP contribution in [0.2, 0.25) is 0 Å². The third-order valence-electron chi connectivity index (χ3n) is 6.91. The molecule has 5 unspecified atom stereocenters. The minimum absolute atomic E-state index is 0.0203. The van der Waals surface area contributed by atoms with Crippen LogP contribution in [0.15, 0.2) is 30.5 Å². The highest BCUT2D eigenvalue weighted by Crippen LogP contribution is 2.21. The molecule has 1 aliphatic heterocycles. The van der Waals surface area contributed by atoms with Crippen LogP contribution in [0.1, 0.15) is 38.7 Å². The van der Waals surface area contributed by atoms with E-state index in [9.17, 15) is 24.3 Å². The molecule has 3 amide bonds. The normalized spacial score (nSPS) is 18.9. The third-order valence-corrected chi connectivity index (χ3v) is 7.27. The number of aromatic amines is 1. The van der Waals surface area contributed by atoms with Gasteiger partial charge in [-0.15, -0.1) is 0 Å². The summed E-state index contributed by atoms with van der Waals surface area (Å²) in [4.78, 5) is 55.4. The van der Waals surface area contributed by atoms with Gasteiger partial charge < -0.3 is 31.4 Å². The average Bonchev–Trinajstić information content (AvgIpc) is 3.53. The number of hydrogen-bond donors (Lipinski definition) is 6. The fraction of sp³-hybridized carbons (Fsp3) is 0.520. The van der Waals surface area contributed by atoms with E-state index < -0.39 is 47.9 Å². The molecule has 5 atom stereocenters. The minimum atomic E-state index is -1.08. The smallest absolute Gasteiger partial charge is 0.326 e. The number of H-pyrrole nitrogens is 1. The Hall–Kier alpha value is -3.05. The van der Waals surface area contributed by atoms with Crippen molar-refractivity contribution in [3.63, 3.8) is 0 Å². The van der Waals surface area contributed by atoms with Crippen molar-refractivity contribution in [1.82, 2.24) is 20.5 Å². The lowest BCUT2D eigenvalue weighted by Gasteiger charge is -2.28. The summed E-state index contributed by atoms with van der Waals surface area (Å²) in [7, 11) is 0. The Bertz CT molecular complexity index is 1110. The van der Waals surface area contributed by atoms with Crippen LogP contribution in [0, 0.1) is 5.92 Å². The quantitative estimate of drug-likeness (QED) is 0.245. The maximum absolute atomic E-state index is 13.4. The van der Waals surface area contributed by atoms with Crippen LogP contribution in [0.5, 0.6) is 0 Å². The van der Waals surface area contributed by atoms with E-state index >= 15 is 0 Å². The summed E-state index contributed by atoms with van der Waals surface area (Å²) in [5, 5.41) is 15.8. The largest absolute Gasteiger partial charge is 0.480 e. The molecule has 2 heterocycles. The van der Waals surface area contributed by atoms with Gasteiger partial charge in [0.05, 0.1) is 6.04 Å². The van der Waals surface area contributed by atoms with Gasteiger partial charge in [-0.05, 0) is 30.4 Å². The van der Waals surface area contributed by atoms with Gasteiger partial charge in [-0.1, -0.05) is 38.5 Å². The Kier molecular flexibility index (Phi) is 9.38. The summed E-state index contributed by atoms with van der Waals surface area (Å²) in [6, 6.07) is 3.85. The molecule has 0 spiro atoms. The first kappa shape index (κ1) is 27.5. The number of rotatable bonds is 11. The van der Waals surface area contributed by atoms with Gasteiger partial charge in [0.15, 0.2) is 0 Å². The number of fused-ring (bicyclic) bond motifs is 1. The van der Waals surface area contributed by atoms with Crippen molar-refractivity contribution in [3.05, 3.63) is 36.0 Å². The second kappa shape index (κ2) is 12.3. The number of hydrogen-bond acceptors (Lipinski definition) is 6. The molecule has 3 rings (SSSR count). The summed E-state index contributed by atoms with van der Waals surface area (Å²) in [6.45, 7) is 4.10.